The van der Waals surface area contributed by atoms with Gasteiger partial charge in [-0.2, -0.15) is 0 Å². The highest BCUT2D eigenvalue weighted by molar-refractivity contribution is 6.30. The molecule has 0 saturated carbocycles. The van der Waals surface area contributed by atoms with Crippen molar-refractivity contribution in [3.05, 3.63) is 34.9 Å². The lowest BCUT2D eigenvalue weighted by atomic mass is 9.95. The highest BCUT2D eigenvalue weighted by Crippen LogP contribution is 2.27. The molecule has 1 aromatic carbocycles. The minimum atomic E-state index is 0.207. The molecule has 0 aliphatic carbocycles. The zero-order valence-corrected chi connectivity index (χ0v) is 10.1. The second kappa shape index (κ2) is 5.63. The van der Waals surface area contributed by atoms with E-state index in [4.69, 9.17) is 23.2 Å². The number of benzene rings is 1. The first-order valence-corrected chi connectivity index (χ1v) is 5.86. The van der Waals surface area contributed by atoms with Gasteiger partial charge < -0.3 is 0 Å². The van der Waals surface area contributed by atoms with E-state index < -0.39 is 0 Å². The van der Waals surface area contributed by atoms with Crippen LogP contribution in [0.1, 0.15) is 38.2 Å². The molecular formula is C12H16Cl2. The van der Waals surface area contributed by atoms with Crippen LogP contribution in [0.2, 0.25) is 5.02 Å². The molecule has 0 nitrogen and oxygen atoms in total. The summed E-state index contributed by atoms with van der Waals surface area (Å²) in [5.41, 5.74) is 1.23. The Labute approximate surface area is 96.2 Å². The van der Waals surface area contributed by atoms with E-state index in [1.54, 1.807) is 0 Å². The normalized spacial score (nSPS) is 15.1. The number of hydrogen-bond acceptors (Lipinski definition) is 0. The van der Waals surface area contributed by atoms with E-state index in [1.807, 2.05) is 18.2 Å². The highest BCUT2D eigenvalue weighted by Gasteiger charge is 2.15. The lowest BCUT2D eigenvalue weighted by molar-refractivity contribution is 0.634. The summed E-state index contributed by atoms with van der Waals surface area (Å²) < 4.78 is 0. The number of halogens is 2. The van der Waals surface area contributed by atoms with Crippen LogP contribution in [0.25, 0.3) is 0 Å². The molecule has 0 amide bonds. The molecule has 14 heavy (non-hydrogen) atoms. The zero-order chi connectivity index (χ0) is 10.6. The molecule has 0 radical (unpaired) electrons. The van der Waals surface area contributed by atoms with Crippen molar-refractivity contribution in [1.29, 1.82) is 0 Å². The summed E-state index contributed by atoms with van der Waals surface area (Å²) in [6, 6.07) is 7.95. The molecule has 0 spiro atoms. The Bertz CT molecular complexity index is 283. The van der Waals surface area contributed by atoms with Crippen molar-refractivity contribution in [2.24, 2.45) is 0 Å². The van der Waals surface area contributed by atoms with Gasteiger partial charge >= 0.3 is 0 Å². The first-order chi connectivity index (χ1) is 6.65. The third-order valence-corrected chi connectivity index (χ3v) is 3.31. The first-order valence-electron chi connectivity index (χ1n) is 5.04. The average Bonchev–Trinajstić information content (AvgIpc) is 2.17. The van der Waals surface area contributed by atoms with Crippen molar-refractivity contribution in [1.82, 2.24) is 0 Å². The monoisotopic (exact) mass is 230 g/mol. The Morgan fingerprint density at radius 1 is 1.36 bits per heavy atom. The Kier molecular flexibility index (Phi) is 4.77. The summed E-state index contributed by atoms with van der Waals surface area (Å²) in [5, 5.41) is 0.994. The SMILES string of the molecule is CCCC(Cl)C(C)c1cccc(Cl)c1. The van der Waals surface area contributed by atoms with Crippen LogP contribution in [0.4, 0.5) is 0 Å². The summed E-state index contributed by atoms with van der Waals surface area (Å²) in [4.78, 5) is 0. The topological polar surface area (TPSA) is 0 Å². The third-order valence-electron chi connectivity index (χ3n) is 2.48. The second-order valence-corrected chi connectivity index (χ2v) is 4.65. The van der Waals surface area contributed by atoms with Crippen LogP contribution < -0.4 is 0 Å². The maximum atomic E-state index is 6.28. The maximum absolute atomic E-state index is 6.28. The quantitative estimate of drug-likeness (QED) is 0.649. The molecule has 0 saturated heterocycles. The number of alkyl halides is 1. The predicted octanol–water partition coefficient (Wildman–Crippen LogP) is 4.85. The van der Waals surface area contributed by atoms with Crippen molar-refractivity contribution >= 4 is 23.2 Å². The van der Waals surface area contributed by atoms with E-state index in [1.165, 1.54) is 5.56 Å². The largest absolute Gasteiger partial charge is 0.122 e. The minimum absolute atomic E-state index is 0.207. The molecule has 0 aromatic heterocycles. The minimum Gasteiger partial charge on any atom is -0.122 e. The van der Waals surface area contributed by atoms with Crippen molar-refractivity contribution in [2.45, 2.75) is 38.0 Å². The Balaban J connectivity index is 2.73. The molecule has 1 rings (SSSR count). The van der Waals surface area contributed by atoms with Gasteiger partial charge in [-0.25, -0.2) is 0 Å². The lowest BCUT2D eigenvalue weighted by Crippen LogP contribution is -2.09. The van der Waals surface area contributed by atoms with E-state index >= 15 is 0 Å². The van der Waals surface area contributed by atoms with Crippen LogP contribution in [-0.2, 0) is 0 Å². The van der Waals surface area contributed by atoms with E-state index in [-0.39, 0.29) is 5.38 Å². The van der Waals surface area contributed by atoms with Crippen LogP contribution >= 0.6 is 23.2 Å². The zero-order valence-electron chi connectivity index (χ0n) is 8.63. The third kappa shape index (κ3) is 3.18. The Hall–Kier alpha value is -0.200. The summed E-state index contributed by atoms with van der Waals surface area (Å²) >= 11 is 12.2. The van der Waals surface area contributed by atoms with E-state index in [9.17, 15) is 0 Å². The Morgan fingerprint density at radius 2 is 2.07 bits per heavy atom. The number of hydrogen-bond donors (Lipinski definition) is 0. The van der Waals surface area contributed by atoms with Gasteiger partial charge in [-0.3, -0.25) is 0 Å². The van der Waals surface area contributed by atoms with Crippen LogP contribution in [0, 0.1) is 0 Å². The summed E-state index contributed by atoms with van der Waals surface area (Å²) in [7, 11) is 0. The van der Waals surface area contributed by atoms with E-state index in [0.29, 0.717) is 5.92 Å². The summed E-state index contributed by atoms with van der Waals surface area (Å²) in [6.07, 6.45) is 2.17. The predicted molar refractivity (Wildman–Crippen MR) is 64.4 cm³/mol. The van der Waals surface area contributed by atoms with E-state index in [0.717, 1.165) is 17.9 Å². The fraction of sp³-hybridized carbons (Fsp3) is 0.500. The van der Waals surface area contributed by atoms with Crippen LogP contribution in [-0.4, -0.2) is 5.38 Å². The molecule has 0 aliphatic heterocycles. The molecule has 1 aromatic rings. The molecule has 2 heteroatoms. The van der Waals surface area contributed by atoms with E-state index in [2.05, 4.69) is 19.9 Å². The van der Waals surface area contributed by atoms with Crippen LogP contribution in [0.3, 0.4) is 0 Å². The fourth-order valence-corrected chi connectivity index (χ4v) is 2.09. The van der Waals surface area contributed by atoms with Gasteiger partial charge in [0, 0.05) is 10.4 Å². The van der Waals surface area contributed by atoms with Gasteiger partial charge in [0.15, 0.2) is 0 Å². The summed E-state index contributed by atoms with van der Waals surface area (Å²) in [5.74, 6) is 0.371. The molecule has 2 unspecified atom stereocenters. The van der Waals surface area contributed by atoms with Gasteiger partial charge in [-0.15, -0.1) is 11.6 Å². The lowest BCUT2D eigenvalue weighted by Gasteiger charge is -2.17. The Morgan fingerprint density at radius 3 is 2.64 bits per heavy atom. The van der Waals surface area contributed by atoms with Gasteiger partial charge in [0.1, 0.15) is 0 Å². The van der Waals surface area contributed by atoms with Gasteiger partial charge in [-0.1, -0.05) is 44.0 Å². The molecule has 0 heterocycles. The van der Waals surface area contributed by atoms with Crippen molar-refractivity contribution in [2.75, 3.05) is 0 Å². The van der Waals surface area contributed by atoms with Gasteiger partial charge in [0.25, 0.3) is 0 Å². The standard InChI is InChI=1S/C12H16Cl2/c1-3-5-12(14)9(2)10-6-4-7-11(13)8-10/h4,6-9,12H,3,5H2,1-2H3. The average molecular weight is 231 g/mol. The van der Waals surface area contributed by atoms with Crippen molar-refractivity contribution < 1.29 is 0 Å². The van der Waals surface area contributed by atoms with Crippen molar-refractivity contribution in [3.8, 4) is 0 Å². The van der Waals surface area contributed by atoms with Gasteiger partial charge in [-0.05, 0) is 30.0 Å². The van der Waals surface area contributed by atoms with Crippen molar-refractivity contribution in [3.63, 3.8) is 0 Å². The summed E-state index contributed by atoms with van der Waals surface area (Å²) in [6.45, 7) is 4.30. The number of rotatable bonds is 4. The smallest absolute Gasteiger partial charge is 0.0408 e. The second-order valence-electron chi connectivity index (χ2n) is 3.65. The molecular weight excluding hydrogens is 215 g/mol. The molecule has 78 valence electrons. The first kappa shape index (κ1) is 11.9. The molecule has 0 aliphatic rings. The molecule has 2 atom stereocenters. The fourth-order valence-electron chi connectivity index (χ4n) is 1.52. The van der Waals surface area contributed by atoms with Gasteiger partial charge in [0.2, 0.25) is 0 Å². The van der Waals surface area contributed by atoms with Crippen LogP contribution in [0.5, 0.6) is 0 Å². The highest BCUT2D eigenvalue weighted by atomic mass is 35.5. The van der Waals surface area contributed by atoms with Crippen LogP contribution in [0.15, 0.2) is 24.3 Å². The molecule has 0 N–H and O–H groups in total. The molecule has 0 fully saturated rings. The molecule has 0 bridgehead atoms. The van der Waals surface area contributed by atoms with Gasteiger partial charge in [0.05, 0.1) is 0 Å². The maximum Gasteiger partial charge on any atom is 0.0408 e.